The van der Waals surface area contributed by atoms with Gasteiger partial charge in [-0.1, -0.05) is 29.8 Å². The van der Waals surface area contributed by atoms with Crippen molar-refractivity contribution in [1.29, 1.82) is 5.26 Å². The largest absolute Gasteiger partial charge is 0.358 e. The summed E-state index contributed by atoms with van der Waals surface area (Å²) in [6, 6.07) is 15.0. The first-order valence-electron chi connectivity index (χ1n) is 7.76. The molecule has 0 spiro atoms. The van der Waals surface area contributed by atoms with Gasteiger partial charge in [0.25, 0.3) is 5.91 Å². The Morgan fingerprint density at radius 3 is 2.72 bits per heavy atom. The third kappa shape index (κ3) is 3.42. The topological polar surface area (TPSA) is 68.7 Å². The molecule has 3 rings (SSSR count). The van der Waals surface area contributed by atoms with Crippen LogP contribution in [0.15, 0.2) is 48.0 Å². The Hall–Kier alpha value is -3.03. The number of benzene rings is 2. The van der Waals surface area contributed by atoms with Crippen LogP contribution >= 0.6 is 11.6 Å². The molecule has 0 fully saturated rings. The molecule has 0 unspecified atom stereocenters. The SMILES string of the molecule is Cc1cc(Cl)ccc1NC(=O)/C(C#N)=C/c1c(C)[nH]c2ccccc12. The van der Waals surface area contributed by atoms with Crippen molar-refractivity contribution in [3.63, 3.8) is 0 Å². The number of carbonyl (C=O) groups is 1. The van der Waals surface area contributed by atoms with Crippen molar-refractivity contribution < 1.29 is 4.79 Å². The van der Waals surface area contributed by atoms with Gasteiger partial charge in [0.2, 0.25) is 0 Å². The molecule has 2 aromatic carbocycles. The number of aromatic nitrogens is 1. The summed E-state index contributed by atoms with van der Waals surface area (Å²) in [5.41, 5.74) is 4.23. The average Bonchev–Trinajstić information content (AvgIpc) is 2.90. The maximum absolute atomic E-state index is 12.5. The van der Waals surface area contributed by atoms with Crippen LogP contribution in [0.3, 0.4) is 0 Å². The summed E-state index contributed by atoms with van der Waals surface area (Å²) in [5, 5.41) is 13.8. The number of anilines is 1. The Kier molecular flexibility index (Phi) is 4.60. The van der Waals surface area contributed by atoms with Gasteiger partial charge in [0.05, 0.1) is 0 Å². The molecule has 4 nitrogen and oxygen atoms in total. The normalized spacial score (nSPS) is 11.4. The molecular formula is C20H16ClN3O. The Morgan fingerprint density at radius 1 is 1.24 bits per heavy atom. The van der Waals surface area contributed by atoms with E-state index in [0.717, 1.165) is 27.7 Å². The van der Waals surface area contributed by atoms with Crippen LogP contribution in [0.4, 0.5) is 5.69 Å². The van der Waals surface area contributed by atoms with E-state index in [-0.39, 0.29) is 5.57 Å². The van der Waals surface area contributed by atoms with E-state index < -0.39 is 5.91 Å². The lowest BCUT2D eigenvalue weighted by molar-refractivity contribution is -0.112. The van der Waals surface area contributed by atoms with Crippen LogP contribution in [-0.4, -0.2) is 10.9 Å². The number of halogens is 1. The fourth-order valence-corrected chi connectivity index (χ4v) is 2.96. The first kappa shape index (κ1) is 16.8. The molecule has 3 aromatic rings. The van der Waals surface area contributed by atoms with E-state index in [4.69, 9.17) is 11.6 Å². The maximum atomic E-state index is 12.5. The van der Waals surface area contributed by atoms with Crippen LogP contribution in [0.2, 0.25) is 5.02 Å². The molecule has 0 saturated heterocycles. The fraction of sp³-hybridized carbons (Fsp3) is 0.100. The summed E-state index contributed by atoms with van der Waals surface area (Å²) in [7, 11) is 0. The number of aryl methyl sites for hydroxylation is 2. The van der Waals surface area contributed by atoms with E-state index >= 15 is 0 Å². The number of rotatable bonds is 3. The standard InChI is InChI=1S/C20H16ClN3O/c1-12-9-15(21)7-8-18(12)24-20(25)14(11-22)10-17-13(2)23-19-6-4-3-5-16(17)19/h3-10,23H,1-2H3,(H,24,25)/b14-10+. The lowest BCUT2D eigenvalue weighted by atomic mass is 10.1. The molecule has 1 aromatic heterocycles. The summed E-state index contributed by atoms with van der Waals surface area (Å²) >= 11 is 5.93. The van der Waals surface area contributed by atoms with Crippen molar-refractivity contribution in [3.05, 3.63) is 69.9 Å². The van der Waals surface area contributed by atoms with Crippen LogP contribution < -0.4 is 5.32 Å². The number of aromatic amines is 1. The van der Waals surface area contributed by atoms with E-state index in [9.17, 15) is 10.1 Å². The van der Waals surface area contributed by atoms with Gasteiger partial charge in [-0.15, -0.1) is 0 Å². The van der Waals surface area contributed by atoms with Crippen molar-refractivity contribution in [2.45, 2.75) is 13.8 Å². The summed E-state index contributed by atoms with van der Waals surface area (Å²) in [4.78, 5) is 15.8. The van der Waals surface area contributed by atoms with Gasteiger partial charge in [-0.3, -0.25) is 4.79 Å². The molecule has 0 aliphatic rings. The second kappa shape index (κ2) is 6.84. The minimum Gasteiger partial charge on any atom is -0.358 e. The quantitative estimate of drug-likeness (QED) is 0.517. The Labute approximate surface area is 150 Å². The van der Waals surface area contributed by atoms with Gasteiger partial charge < -0.3 is 10.3 Å². The summed E-state index contributed by atoms with van der Waals surface area (Å²) in [6.07, 6.45) is 1.62. The minimum absolute atomic E-state index is 0.0437. The van der Waals surface area contributed by atoms with Gasteiger partial charge in [-0.25, -0.2) is 0 Å². The van der Waals surface area contributed by atoms with Crippen LogP contribution in [-0.2, 0) is 4.79 Å². The average molecular weight is 350 g/mol. The van der Waals surface area contributed by atoms with Crippen LogP contribution in [0, 0.1) is 25.2 Å². The third-order valence-electron chi connectivity index (χ3n) is 4.03. The van der Waals surface area contributed by atoms with E-state index in [1.54, 1.807) is 24.3 Å². The second-order valence-corrected chi connectivity index (χ2v) is 6.23. The smallest absolute Gasteiger partial charge is 0.266 e. The summed E-state index contributed by atoms with van der Waals surface area (Å²) < 4.78 is 0. The molecule has 0 bridgehead atoms. The highest BCUT2D eigenvalue weighted by Crippen LogP contribution is 2.25. The number of nitrogens with one attached hydrogen (secondary N) is 2. The molecule has 0 aliphatic heterocycles. The zero-order valence-corrected chi connectivity index (χ0v) is 14.6. The van der Waals surface area contributed by atoms with Gasteiger partial charge in [0, 0.05) is 32.9 Å². The lowest BCUT2D eigenvalue weighted by Crippen LogP contribution is -2.14. The molecule has 0 atom stereocenters. The third-order valence-corrected chi connectivity index (χ3v) is 4.27. The molecule has 2 N–H and O–H groups in total. The van der Waals surface area contributed by atoms with Gasteiger partial charge in [-0.05, 0) is 49.8 Å². The number of carbonyl (C=O) groups excluding carboxylic acids is 1. The van der Waals surface area contributed by atoms with Crippen LogP contribution in [0.25, 0.3) is 17.0 Å². The monoisotopic (exact) mass is 349 g/mol. The second-order valence-electron chi connectivity index (χ2n) is 5.79. The summed E-state index contributed by atoms with van der Waals surface area (Å²) in [6.45, 7) is 3.77. The lowest BCUT2D eigenvalue weighted by Gasteiger charge is -2.08. The van der Waals surface area contributed by atoms with Gasteiger partial charge in [-0.2, -0.15) is 5.26 Å². The molecule has 124 valence electrons. The first-order chi connectivity index (χ1) is 12.0. The molecule has 25 heavy (non-hydrogen) atoms. The number of fused-ring (bicyclic) bond motifs is 1. The maximum Gasteiger partial charge on any atom is 0.266 e. The number of nitrogens with zero attached hydrogens (tertiary/aromatic N) is 1. The fourth-order valence-electron chi connectivity index (χ4n) is 2.73. The molecule has 1 amide bonds. The molecular weight excluding hydrogens is 334 g/mol. The highest BCUT2D eigenvalue weighted by molar-refractivity contribution is 6.30. The van der Waals surface area contributed by atoms with Crippen LogP contribution in [0.5, 0.6) is 0 Å². The van der Waals surface area contributed by atoms with Crippen molar-refractivity contribution in [3.8, 4) is 6.07 Å². The van der Waals surface area contributed by atoms with Crippen molar-refractivity contribution in [2.75, 3.05) is 5.32 Å². The first-order valence-corrected chi connectivity index (χ1v) is 8.14. The number of hydrogen-bond donors (Lipinski definition) is 2. The predicted molar refractivity (Wildman–Crippen MR) is 101 cm³/mol. The van der Waals surface area contributed by atoms with E-state index in [1.807, 2.05) is 44.2 Å². The summed E-state index contributed by atoms with van der Waals surface area (Å²) in [5.74, 6) is -0.447. The highest BCUT2D eigenvalue weighted by Gasteiger charge is 2.14. The molecule has 0 aliphatic carbocycles. The van der Waals surface area contributed by atoms with Crippen LogP contribution in [0.1, 0.15) is 16.8 Å². The molecule has 0 radical (unpaired) electrons. The zero-order valence-electron chi connectivity index (χ0n) is 13.9. The predicted octanol–water partition coefficient (Wildman–Crippen LogP) is 4.98. The number of H-pyrrole nitrogens is 1. The van der Waals surface area contributed by atoms with Crippen molar-refractivity contribution in [2.24, 2.45) is 0 Å². The number of amides is 1. The van der Waals surface area contributed by atoms with E-state index in [0.29, 0.717) is 10.7 Å². The van der Waals surface area contributed by atoms with Gasteiger partial charge in [0.1, 0.15) is 11.6 Å². The van der Waals surface area contributed by atoms with Gasteiger partial charge in [0.15, 0.2) is 0 Å². The number of para-hydroxylation sites is 1. The highest BCUT2D eigenvalue weighted by atomic mass is 35.5. The van der Waals surface area contributed by atoms with Crippen molar-refractivity contribution in [1.82, 2.24) is 4.98 Å². The zero-order chi connectivity index (χ0) is 18.0. The molecule has 0 saturated carbocycles. The van der Waals surface area contributed by atoms with Gasteiger partial charge >= 0.3 is 0 Å². The minimum atomic E-state index is -0.447. The number of nitriles is 1. The van der Waals surface area contributed by atoms with Crippen molar-refractivity contribution >= 4 is 40.2 Å². The van der Waals surface area contributed by atoms with E-state index in [1.165, 1.54) is 0 Å². The Bertz CT molecular complexity index is 1040. The number of hydrogen-bond acceptors (Lipinski definition) is 2. The molecule has 1 heterocycles. The van der Waals surface area contributed by atoms with E-state index in [2.05, 4.69) is 10.3 Å². The Morgan fingerprint density at radius 2 is 2.00 bits per heavy atom. The molecule has 5 heteroatoms. The Balaban J connectivity index is 1.96.